The summed E-state index contributed by atoms with van der Waals surface area (Å²) in [6, 6.07) is 13.1. The summed E-state index contributed by atoms with van der Waals surface area (Å²) < 4.78 is 16.3. The topological polar surface area (TPSA) is 106 Å². The summed E-state index contributed by atoms with van der Waals surface area (Å²) in [5.41, 5.74) is -0.368. The predicted octanol–water partition coefficient (Wildman–Crippen LogP) is 4.68. The Labute approximate surface area is 222 Å². The van der Waals surface area contributed by atoms with E-state index in [9.17, 15) is 19.6 Å². The standard InChI is InChI=1S/C30H32N2O6/c1-7-37-28(35)30(17-31)24-15-13-19-10-8-9-11-21(19)32(24)26(27(34)29(3,4)5)25(30)20-12-14-22(38-18(2)33)23(16-20)36-6/h8-16,24-26H,7H2,1-6H3. The Kier molecular flexibility index (Phi) is 7.07. The number of carbonyl (C=O) groups is 3. The number of hydrogen-bond acceptors (Lipinski definition) is 8. The molecule has 0 spiro atoms. The van der Waals surface area contributed by atoms with Gasteiger partial charge in [-0.3, -0.25) is 14.4 Å². The molecule has 0 bridgehead atoms. The number of ether oxygens (including phenoxy) is 3. The summed E-state index contributed by atoms with van der Waals surface area (Å²) in [7, 11) is 1.43. The minimum Gasteiger partial charge on any atom is -0.493 e. The van der Waals surface area contributed by atoms with Gasteiger partial charge in [-0.25, -0.2) is 0 Å². The molecule has 198 valence electrons. The maximum absolute atomic E-state index is 14.2. The Hall–Kier alpha value is -4.12. The third-order valence-corrected chi connectivity index (χ3v) is 7.15. The van der Waals surface area contributed by atoms with Crippen LogP contribution in [0.3, 0.4) is 0 Å². The molecule has 0 N–H and O–H groups in total. The molecular formula is C30H32N2O6. The van der Waals surface area contributed by atoms with E-state index in [1.54, 1.807) is 25.1 Å². The Bertz CT molecular complexity index is 1350. The normalized spacial score (nSPS) is 23.6. The minimum absolute atomic E-state index is 0.0780. The number of nitriles is 1. The quantitative estimate of drug-likeness (QED) is 0.403. The number of carbonyl (C=O) groups excluding carboxylic acids is 3. The molecule has 1 fully saturated rings. The molecule has 4 rings (SSSR count). The van der Waals surface area contributed by atoms with Gasteiger partial charge in [0.15, 0.2) is 22.7 Å². The van der Waals surface area contributed by atoms with Crippen molar-refractivity contribution in [3.05, 3.63) is 59.7 Å². The molecule has 2 aromatic carbocycles. The van der Waals surface area contributed by atoms with Crippen molar-refractivity contribution in [3.8, 4) is 17.6 Å². The SMILES string of the molecule is CCOC(=O)C1(C#N)C(c2ccc(OC(C)=O)c(OC)c2)C(C(=O)C(C)(C)C)N2c3ccccc3C=CC21. The first kappa shape index (κ1) is 26.9. The van der Waals surface area contributed by atoms with E-state index in [4.69, 9.17) is 14.2 Å². The third-order valence-electron chi connectivity index (χ3n) is 7.15. The van der Waals surface area contributed by atoms with Gasteiger partial charge in [0.25, 0.3) is 0 Å². The molecule has 4 unspecified atom stereocenters. The van der Waals surface area contributed by atoms with Gasteiger partial charge in [0, 0.05) is 23.9 Å². The molecular weight excluding hydrogens is 484 g/mol. The van der Waals surface area contributed by atoms with Crippen molar-refractivity contribution in [1.29, 1.82) is 5.26 Å². The molecule has 8 nitrogen and oxygen atoms in total. The second-order valence-electron chi connectivity index (χ2n) is 10.5. The minimum atomic E-state index is -1.75. The van der Waals surface area contributed by atoms with Crippen LogP contribution in [0.2, 0.25) is 0 Å². The van der Waals surface area contributed by atoms with Gasteiger partial charge in [-0.15, -0.1) is 0 Å². The second-order valence-corrected chi connectivity index (χ2v) is 10.5. The van der Waals surface area contributed by atoms with E-state index in [0.717, 1.165) is 11.3 Å². The van der Waals surface area contributed by atoms with E-state index in [-0.39, 0.29) is 23.9 Å². The highest BCUT2D eigenvalue weighted by atomic mass is 16.6. The highest BCUT2D eigenvalue weighted by molar-refractivity contribution is 5.99. The average Bonchev–Trinajstić information content (AvgIpc) is 3.19. The van der Waals surface area contributed by atoms with Gasteiger partial charge in [0.1, 0.15) is 0 Å². The van der Waals surface area contributed by atoms with Crippen molar-refractivity contribution < 1.29 is 28.6 Å². The molecule has 2 aromatic rings. The first-order chi connectivity index (χ1) is 18.0. The summed E-state index contributed by atoms with van der Waals surface area (Å²) in [5.74, 6) is -1.81. The molecule has 2 aliphatic heterocycles. The van der Waals surface area contributed by atoms with Crippen LogP contribution in [0.4, 0.5) is 5.69 Å². The molecule has 2 heterocycles. The number of rotatable bonds is 6. The smallest absolute Gasteiger partial charge is 0.329 e. The van der Waals surface area contributed by atoms with Crippen LogP contribution >= 0.6 is 0 Å². The van der Waals surface area contributed by atoms with Crippen molar-refractivity contribution in [2.75, 3.05) is 18.6 Å². The van der Waals surface area contributed by atoms with Crippen LogP contribution in [0, 0.1) is 22.2 Å². The summed E-state index contributed by atoms with van der Waals surface area (Å²) in [6.07, 6.45) is 3.70. The lowest BCUT2D eigenvalue weighted by atomic mass is 9.67. The zero-order valence-electron chi connectivity index (χ0n) is 22.5. The Morgan fingerprint density at radius 3 is 2.42 bits per heavy atom. The first-order valence-electron chi connectivity index (χ1n) is 12.6. The summed E-state index contributed by atoms with van der Waals surface area (Å²) in [4.78, 5) is 41.6. The molecule has 0 aromatic heterocycles. The van der Waals surface area contributed by atoms with E-state index < -0.39 is 40.8 Å². The molecule has 0 radical (unpaired) electrons. The number of hydrogen-bond donors (Lipinski definition) is 0. The van der Waals surface area contributed by atoms with Crippen molar-refractivity contribution >= 4 is 29.5 Å². The first-order valence-corrected chi connectivity index (χ1v) is 12.6. The number of para-hydroxylation sites is 1. The molecule has 0 amide bonds. The number of Topliss-reactive ketones (excluding diaryl/α,β-unsaturated/α-hetero) is 1. The lowest BCUT2D eigenvalue weighted by Gasteiger charge is -2.37. The van der Waals surface area contributed by atoms with E-state index in [2.05, 4.69) is 6.07 Å². The summed E-state index contributed by atoms with van der Waals surface area (Å²) in [5, 5.41) is 10.8. The number of methoxy groups -OCH3 is 1. The van der Waals surface area contributed by atoms with Crippen LogP contribution in [0.15, 0.2) is 48.5 Å². The third kappa shape index (κ3) is 4.22. The summed E-state index contributed by atoms with van der Waals surface area (Å²) >= 11 is 0. The van der Waals surface area contributed by atoms with Crippen LogP contribution in [0.5, 0.6) is 11.5 Å². The lowest BCUT2D eigenvalue weighted by Crippen LogP contribution is -2.48. The van der Waals surface area contributed by atoms with Gasteiger partial charge < -0.3 is 19.1 Å². The Morgan fingerprint density at radius 1 is 1.11 bits per heavy atom. The van der Waals surface area contributed by atoms with Crippen molar-refractivity contribution in [2.24, 2.45) is 10.8 Å². The highest BCUT2D eigenvalue weighted by Crippen LogP contribution is 2.57. The van der Waals surface area contributed by atoms with Gasteiger partial charge in [-0.1, -0.05) is 57.2 Å². The van der Waals surface area contributed by atoms with Crippen LogP contribution in [-0.4, -0.2) is 43.5 Å². The summed E-state index contributed by atoms with van der Waals surface area (Å²) in [6.45, 7) is 8.53. The number of ketones is 1. The lowest BCUT2D eigenvalue weighted by molar-refractivity contribution is -0.152. The fourth-order valence-corrected chi connectivity index (χ4v) is 5.55. The molecule has 0 saturated carbocycles. The van der Waals surface area contributed by atoms with Gasteiger partial charge in [0.05, 0.1) is 31.9 Å². The van der Waals surface area contributed by atoms with Gasteiger partial charge in [0.2, 0.25) is 0 Å². The number of nitrogens with zero attached hydrogens (tertiary/aromatic N) is 2. The van der Waals surface area contributed by atoms with Gasteiger partial charge in [-0.05, 0) is 36.2 Å². The number of anilines is 1. The number of esters is 2. The number of fused-ring (bicyclic) bond motifs is 3. The van der Waals surface area contributed by atoms with E-state index in [0.29, 0.717) is 5.56 Å². The molecule has 4 atom stereocenters. The van der Waals surface area contributed by atoms with Gasteiger partial charge in [-0.2, -0.15) is 5.26 Å². The fraction of sp³-hybridized carbons (Fsp3) is 0.400. The van der Waals surface area contributed by atoms with E-state index in [1.807, 2.05) is 62.1 Å². The Balaban J connectivity index is 2.05. The zero-order chi connectivity index (χ0) is 27.8. The van der Waals surface area contributed by atoms with Crippen LogP contribution < -0.4 is 14.4 Å². The van der Waals surface area contributed by atoms with Crippen molar-refractivity contribution in [2.45, 2.75) is 52.6 Å². The molecule has 38 heavy (non-hydrogen) atoms. The van der Waals surface area contributed by atoms with Crippen LogP contribution in [-0.2, 0) is 19.1 Å². The monoisotopic (exact) mass is 516 g/mol. The van der Waals surface area contributed by atoms with Crippen molar-refractivity contribution in [3.63, 3.8) is 0 Å². The average molecular weight is 517 g/mol. The van der Waals surface area contributed by atoms with E-state index >= 15 is 0 Å². The molecule has 0 aliphatic carbocycles. The molecule has 2 aliphatic rings. The second kappa shape index (κ2) is 9.97. The fourth-order valence-electron chi connectivity index (χ4n) is 5.55. The van der Waals surface area contributed by atoms with Gasteiger partial charge >= 0.3 is 11.9 Å². The maximum Gasteiger partial charge on any atom is 0.329 e. The molecule has 8 heteroatoms. The van der Waals surface area contributed by atoms with Crippen molar-refractivity contribution in [1.82, 2.24) is 0 Å². The van der Waals surface area contributed by atoms with Crippen LogP contribution in [0.1, 0.15) is 51.7 Å². The largest absolute Gasteiger partial charge is 0.493 e. The molecule has 1 saturated heterocycles. The zero-order valence-corrected chi connectivity index (χ0v) is 22.5. The Morgan fingerprint density at radius 2 is 1.82 bits per heavy atom. The number of benzene rings is 2. The van der Waals surface area contributed by atoms with Crippen LogP contribution in [0.25, 0.3) is 6.08 Å². The predicted molar refractivity (Wildman–Crippen MR) is 142 cm³/mol. The highest BCUT2D eigenvalue weighted by Gasteiger charge is 2.68. The van der Waals surface area contributed by atoms with E-state index in [1.165, 1.54) is 14.0 Å². The maximum atomic E-state index is 14.2.